The molecule has 0 aliphatic carbocycles. The van der Waals surface area contributed by atoms with Crippen LogP contribution in [0.25, 0.3) is 0 Å². The van der Waals surface area contributed by atoms with Crippen molar-refractivity contribution in [2.75, 3.05) is 19.6 Å². The van der Waals surface area contributed by atoms with Gasteiger partial charge in [0.05, 0.1) is 5.60 Å². The van der Waals surface area contributed by atoms with E-state index in [9.17, 15) is 5.11 Å². The molecule has 0 spiro atoms. The number of nitrogens with two attached hydrogens (primary N) is 1. The van der Waals surface area contributed by atoms with Gasteiger partial charge in [-0.1, -0.05) is 13.8 Å². The molecule has 3 atom stereocenters. The normalized spacial score (nSPS) is 34.1. The fraction of sp³-hybridized carbons (Fsp3) is 1.00. The summed E-state index contributed by atoms with van der Waals surface area (Å²) < 4.78 is 0. The van der Waals surface area contributed by atoms with Gasteiger partial charge >= 0.3 is 0 Å². The first-order valence-corrected chi connectivity index (χ1v) is 5.65. The minimum atomic E-state index is -0.555. The Morgan fingerprint density at radius 3 is 2.71 bits per heavy atom. The average molecular weight is 200 g/mol. The van der Waals surface area contributed by atoms with E-state index in [4.69, 9.17) is 5.73 Å². The van der Waals surface area contributed by atoms with Crippen LogP contribution in [-0.4, -0.2) is 41.3 Å². The van der Waals surface area contributed by atoms with Gasteiger partial charge in [0.15, 0.2) is 0 Å². The summed E-state index contributed by atoms with van der Waals surface area (Å²) in [5, 5.41) is 9.95. The third kappa shape index (κ3) is 3.23. The molecule has 3 heteroatoms. The van der Waals surface area contributed by atoms with Gasteiger partial charge in [0.1, 0.15) is 0 Å². The summed E-state index contributed by atoms with van der Waals surface area (Å²) in [5.74, 6) is 0.623. The lowest BCUT2D eigenvalue weighted by Gasteiger charge is -2.38. The maximum absolute atomic E-state index is 9.95. The molecule has 3 nitrogen and oxygen atoms in total. The fourth-order valence-electron chi connectivity index (χ4n) is 1.91. The van der Waals surface area contributed by atoms with Crippen molar-refractivity contribution in [2.24, 2.45) is 11.7 Å². The number of nitrogens with zero attached hydrogens (tertiary/aromatic N) is 1. The van der Waals surface area contributed by atoms with Crippen molar-refractivity contribution in [3.05, 3.63) is 0 Å². The van der Waals surface area contributed by atoms with Gasteiger partial charge in [-0.15, -0.1) is 0 Å². The molecular formula is C11H24N2O. The highest BCUT2D eigenvalue weighted by atomic mass is 16.3. The van der Waals surface area contributed by atoms with Gasteiger partial charge in [0, 0.05) is 19.1 Å². The van der Waals surface area contributed by atoms with Crippen molar-refractivity contribution in [1.29, 1.82) is 0 Å². The maximum atomic E-state index is 9.95. The van der Waals surface area contributed by atoms with Crippen LogP contribution in [0.15, 0.2) is 0 Å². The van der Waals surface area contributed by atoms with Crippen molar-refractivity contribution in [3.63, 3.8) is 0 Å². The molecule has 0 amide bonds. The molecule has 0 aromatic heterocycles. The molecule has 3 unspecified atom stereocenters. The van der Waals surface area contributed by atoms with Gasteiger partial charge in [-0.2, -0.15) is 0 Å². The van der Waals surface area contributed by atoms with Crippen molar-refractivity contribution < 1.29 is 5.11 Å². The van der Waals surface area contributed by atoms with Crippen molar-refractivity contribution in [3.8, 4) is 0 Å². The second kappa shape index (κ2) is 4.60. The second-order valence-corrected chi connectivity index (χ2v) is 5.02. The molecule has 1 fully saturated rings. The minimum Gasteiger partial charge on any atom is -0.389 e. The Labute approximate surface area is 87.3 Å². The van der Waals surface area contributed by atoms with E-state index in [0.717, 1.165) is 32.5 Å². The Hall–Kier alpha value is -0.120. The first-order chi connectivity index (χ1) is 6.44. The topological polar surface area (TPSA) is 49.5 Å². The average Bonchev–Trinajstić information content (AvgIpc) is 2.11. The number of aliphatic hydroxyl groups is 1. The van der Waals surface area contributed by atoms with E-state index < -0.39 is 5.60 Å². The molecule has 14 heavy (non-hydrogen) atoms. The summed E-state index contributed by atoms with van der Waals surface area (Å²) in [6.45, 7) is 8.88. The maximum Gasteiger partial charge on any atom is 0.0743 e. The largest absolute Gasteiger partial charge is 0.389 e. The zero-order chi connectivity index (χ0) is 10.8. The zero-order valence-corrected chi connectivity index (χ0v) is 9.66. The highest BCUT2D eigenvalue weighted by Crippen LogP contribution is 2.18. The van der Waals surface area contributed by atoms with Gasteiger partial charge in [0.25, 0.3) is 0 Å². The molecule has 0 aromatic carbocycles. The third-order valence-corrected chi connectivity index (χ3v) is 3.43. The van der Waals surface area contributed by atoms with E-state index >= 15 is 0 Å². The zero-order valence-electron chi connectivity index (χ0n) is 9.66. The van der Waals surface area contributed by atoms with E-state index in [2.05, 4.69) is 11.8 Å². The summed E-state index contributed by atoms with van der Waals surface area (Å²) in [4.78, 5) is 2.29. The SMILES string of the molecule is CCC(C)(O)CN1CCC(C)C(N)C1. The number of rotatable bonds is 3. The molecule has 1 rings (SSSR count). The van der Waals surface area contributed by atoms with E-state index in [1.54, 1.807) is 0 Å². The van der Waals surface area contributed by atoms with E-state index in [1.807, 2.05) is 13.8 Å². The van der Waals surface area contributed by atoms with Crippen LogP contribution in [0.3, 0.4) is 0 Å². The molecular weight excluding hydrogens is 176 g/mol. The molecule has 1 saturated heterocycles. The molecule has 84 valence electrons. The van der Waals surface area contributed by atoms with Gasteiger partial charge in [0.2, 0.25) is 0 Å². The van der Waals surface area contributed by atoms with Crippen LogP contribution in [-0.2, 0) is 0 Å². The smallest absolute Gasteiger partial charge is 0.0743 e. The lowest BCUT2D eigenvalue weighted by Crippen LogP contribution is -2.51. The van der Waals surface area contributed by atoms with E-state index in [1.165, 1.54) is 0 Å². The van der Waals surface area contributed by atoms with Crippen LogP contribution >= 0.6 is 0 Å². The monoisotopic (exact) mass is 200 g/mol. The number of β-amino-alcohol motifs (C(OH)–C–C–N with tert-alkyl or cyclic N) is 1. The minimum absolute atomic E-state index is 0.274. The Balaban J connectivity index is 2.40. The summed E-state index contributed by atoms with van der Waals surface area (Å²) in [6.07, 6.45) is 1.95. The lowest BCUT2D eigenvalue weighted by molar-refractivity contribution is 0.00435. The summed E-state index contributed by atoms with van der Waals surface area (Å²) in [5.41, 5.74) is 5.45. The van der Waals surface area contributed by atoms with Gasteiger partial charge < -0.3 is 10.8 Å². The van der Waals surface area contributed by atoms with Crippen LogP contribution < -0.4 is 5.73 Å². The summed E-state index contributed by atoms with van der Waals surface area (Å²) >= 11 is 0. The molecule has 1 aliphatic rings. The van der Waals surface area contributed by atoms with Crippen molar-refractivity contribution in [1.82, 2.24) is 4.90 Å². The summed E-state index contributed by atoms with van der Waals surface area (Å²) in [6, 6.07) is 0.274. The van der Waals surface area contributed by atoms with Gasteiger partial charge in [-0.3, -0.25) is 4.90 Å². The lowest BCUT2D eigenvalue weighted by atomic mass is 9.92. The predicted octanol–water partition coefficient (Wildman–Crippen LogP) is 0.817. The van der Waals surface area contributed by atoms with Gasteiger partial charge in [-0.25, -0.2) is 0 Å². The standard InChI is InChI=1S/C11H24N2O/c1-4-11(3,14)8-13-6-5-9(2)10(12)7-13/h9-10,14H,4-8,12H2,1-3H3. The molecule has 3 N–H and O–H groups in total. The van der Waals surface area contributed by atoms with E-state index in [-0.39, 0.29) is 6.04 Å². The Morgan fingerprint density at radius 2 is 2.21 bits per heavy atom. The molecule has 0 bridgehead atoms. The predicted molar refractivity (Wildman–Crippen MR) is 59.1 cm³/mol. The van der Waals surface area contributed by atoms with Crippen molar-refractivity contribution in [2.45, 2.75) is 45.3 Å². The Kier molecular flexibility index (Phi) is 3.93. The fourth-order valence-corrected chi connectivity index (χ4v) is 1.91. The number of hydrogen-bond acceptors (Lipinski definition) is 3. The van der Waals surface area contributed by atoms with Gasteiger partial charge in [-0.05, 0) is 32.2 Å². The van der Waals surface area contributed by atoms with Crippen LogP contribution in [0.2, 0.25) is 0 Å². The third-order valence-electron chi connectivity index (χ3n) is 3.43. The number of piperidine rings is 1. The first kappa shape index (κ1) is 12.0. The quantitative estimate of drug-likeness (QED) is 0.709. The highest BCUT2D eigenvalue weighted by Gasteiger charge is 2.28. The van der Waals surface area contributed by atoms with Crippen LogP contribution in [0.1, 0.15) is 33.6 Å². The summed E-state index contributed by atoms with van der Waals surface area (Å²) in [7, 11) is 0. The van der Waals surface area contributed by atoms with E-state index in [0.29, 0.717) is 5.92 Å². The number of likely N-dealkylation sites (tertiary alicyclic amines) is 1. The first-order valence-electron chi connectivity index (χ1n) is 5.65. The van der Waals surface area contributed by atoms with Crippen molar-refractivity contribution >= 4 is 0 Å². The van der Waals surface area contributed by atoms with Crippen LogP contribution in [0.4, 0.5) is 0 Å². The second-order valence-electron chi connectivity index (χ2n) is 5.02. The number of hydrogen-bond donors (Lipinski definition) is 2. The molecule has 0 radical (unpaired) electrons. The highest BCUT2D eigenvalue weighted by molar-refractivity contribution is 4.84. The molecule has 0 aromatic rings. The molecule has 1 aliphatic heterocycles. The Bertz CT molecular complexity index is 182. The van der Waals surface area contributed by atoms with Crippen LogP contribution in [0, 0.1) is 5.92 Å². The van der Waals surface area contributed by atoms with Crippen LogP contribution in [0.5, 0.6) is 0 Å². The Morgan fingerprint density at radius 1 is 1.57 bits per heavy atom. The molecule has 0 saturated carbocycles. The molecule has 1 heterocycles.